The lowest BCUT2D eigenvalue weighted by molar-refractivity contribution is -0.275. The largest absolute Gasteiger partial charge is 0.573 e. The average molecular weight is 267 g/mol. The van der Waals surface area contributed by atoms with Crippen LogP contribution in [0.3, 0.4) is 0 Å². The molecule has 0 spiro atoms. The Balaban J connectivity index is 0.000000269. The molecule has 102 valence electrons. The first kappa shape index (κ1) is 14.6. The van der Waals surface area contributed by atoms with Gasteiger partial charge in [0.1, 0.15) is 5.75 Å². The molecule has 0 atom stereocenters. The molecule has 0 aromatic heterocycles. The van der Waals surface area contributed by atoms with E-state index in [1.54, 1.807) is 0 Å². The van der Waals surface area contributed by atoms with Gasteiger partial charge in [-0.1, -0.05) is 6.42 Å². The molecule has 2 rings (SSSR count). The summed E-state index contributed by atoms with van der Waals surface area (Å²) in [5.74, 6) is -2.70. The van der Waals surface area contributed by atoms with E-state index >= 15 is 0 Å². The van der Waals surface area contributed by atoms with Crippen LogP contribution in [0.4, 0.5) is 17.6 Å². The molecule has 7 heteroatoms. The molecule has 3 nitrogen and oxygen atoms in total. The van der Waals surface area contributed by atoms with Crippen LogP contribution in [0.15, 0.2) is 18.2 Å². The minimum atomic E-state index is -4.93. The van der Waals surface area contributed by atoms with Crippen LogP contribution in [-0.4, -0.2) is 17.5 Å². The Morgan fingerprint density at radius 2 is 1.83 bits per heavy atom. The monoisotopic (exact) mass is 267 g/mol. The molecule has 1 aromatic carbocycles. The summed E-state index contributed by atoms with van der Waals surface area (Å²) in [6.07, 6.45) is -1.04. The van der Waals surface area contributed by atoms with Gasteiger partial charge in [-0.05, 0) is 25.0 Å². The molecular weight excluding hydrogens is 254 g/mol. The normalized spacial score (nSPS) is 15.4. The minimum absolute atomic E-state index is 0.466. The van der Waals surface area contributed by atoms with Gasteiger partial charge in [0, 0.05) is 12.1 Å². The molecule has 0 unspecified atom stereocenters. The van der Waals surface area contributed by atoms with Gasteiger partial charge in [-0.3, -0.25) is 0 Å². The van der Waals surface area contributed by atoms with Gasteiger partial charge in [0.05, 0.1) is 0 Å². The smallest absolute Gasteiger partial charge is 0.508 e. The van der Waals surface area contributed by atoms with Crippen molar-refractivity contribution < 1.29 is 27.4 Å². The van der Waals surface area contributed by atoms with E-state index in [0.29, 0.717) is 18.2 Å². The van der Waals surface area contributed by atoms with Gasteiger partial charge < -0.3 is 15.6 Å². The summed E-state index contributed by atoms with van der Waals surface area (Å²) in [5, 5.41) is 8.66. The highest BCUT2D eigenvalue weighted by Crippen LogP contribution is 2.27. The molecule has 0 saturated heterocycles. The lowest BCUT2D eigenvalue weighted by Crippen LogP contribution is -2.27. The van der Waals surface area contributed by atoms with E-state index in [1.165, 1.54) is 19.3 Å². The number of hydrogen-bond donors (Lipinski definition) is 2. The van der Waals surface area contributed by atoms with Crippen molar-refractivity contribution in [2.45, 2.75) is 31.7 Å². The van der Waals surface area contributed by atoms with E-state index < -0.39 is 23.7 Å². The average Bonchev–Trinajstić information content (AvgIpc) is 2.19. The molecule has 0 radical (unpaired) electrons. The number of benzene rings is 1. The number of phenols is 1. The summed E-state index contributed by atoms with van der Waals surface area (Å²) in [6, 6.07) is 2.68. The Hall–Kier alpha value is -1.50. The predicted molar refractivity (Wildman–Crippen MR) is 56.6 cm³/mol. The SMILES string of the molecule is NC1CCC1.Oc1ccc(OC(F)(F)F)c(F)c1. The van der Waals surface area contributed by atoms with Crippen LogP contribution in [-0.2, 0) is 0 Å². The molecule has 0 heterocycles. The van der Waals surface area contributed by atoms with Gasteiger partial charge in [0.25, 0.3) is 0 Å². The molecule has 0 aliphatic heterocycles. The third kappa shape index (κ3) is 5.22. The van der Waals surface area contributed by atoms with E-state index in [4.69, 9.17) is 10.8 Å². The van der Waals surface area contributed by atoms with Crippen molar-refractivity contribution in [3.63, 3.8) is 0 Å². The maximum Gasteiger partial charge on any atom is 0.573 e. The number of rotatable bonds is 1. The fourth-order valence-corrected chi connectivity index (χ4v) is 1.14. The van der Waals surface area contributed by atoms with Crippen LogP contribution in [0, 0.1) is 5.82 Å². The molecule has 1 fully saturated rings. The second kappa shape index (κ2) is 5.90. The van der Waals surface area contributed by atoms with Crippen molar-refractivity contribution in [1.82, 2.24) is 0 Å². The van der Waals surface area contributed by atoms with Crippen molar-refractivity contribution in [2.24, 2.45) is 5.73 Å². The van der Waals surface area contributed by atoms with Crippen LogP contribution in [0.2, 0.25) is 0 Å². The molecule has 1 aromatic rings. The van der Waals surface area contributed by atoms with Gasteiger partial charge >= 0.3 is 6.36 Å². The zero-order valence-corrected chi connectivity index (χ0v) is 9.38. The lowest BCUT2D eigenvalue weighted by atomic mass is 9.95. The van der Waals surface area contributed by atoms with Gasteiger partial charge in [0.2, 0.25) is 0 Å². The van der Waals surface area contributed by atoms with Gasteiger partial charge in [-0.2, -0.15) is 0 Å². The van der Waals surface area contributed by atoms with Gasteiger partial charge in [-0.25, -0.2) is 4.39 Å². The zero-order chi connectivity index (χ0) is 13.8. The first-order valence-electron chi connectivity index (χ1n) is 5.28. The standard InChI is InChI=1S/C7H4F4O2.C4H9N/c8-5-3-4(12)1-2-6(5)13-7(9,10)11;5-4-2-1-3-4/h1-3,12H;4H,1-3,5H2. The van der Waals surface area contributed by atoms with Crippen molar-refractivity contribution in [2.75, 3.05) is 0 Å². The third-order valence-corrected chi connectivity index (χ3v) is 2.29. The molecule has 1 aliphatic rings. The highest BCUT2D eigenvalue weighted by atomic mass is 19.4. The Morgan fingerprint density at radius 3 is 2.17 bits per heavy atom. The zero-order valence-electron chi connectivity index (χ0n) is 9.38. The predicted octanol–water partition coefficient (Wildman–Crippen LogP) is 2.93. The number of alkyl halides is 3. The van der Waals surface area contributed by atoms with Crippen LogP contribution < -0.4 is 10.5 Å². The summed E-state index contributed by atoms with van der Waals surface area (Å²) in [7, 11) is 0. The van der Waals surface area contributed by atoms with E-state index in [1.807, 2.05) is 0 Å². The van der Waals surface area contributed by atoms with E-state index in [0.717, 1.165) is 6.07 Å². The van der Waals surface area contributed by atoms with Crippen molar-refractivity contribution in [3.05, 3.63) is 24.0 Å². The van der Waals surface area contributed by atoms with Gasteiger partial charge in [0.15, 0.2) is 11.6 Å². The van der Waals surface area contributed by atoms with E-state index in [-0.39, 0.29) is 0 Å². The topological polar surface area (TPSA) is 55.5 Å². The summed E-state index contributed by atoms with van der Waals surface area (Å²) < 4.78 is 50.6. The summed E-state index contributed by atoms with van der Waals surface area (Å²) in [5.41, 5.74) is 5.38. The first-order valence-corrected chi connectivity index (χ1v) is 5.28. The molecule has 3 N–H and O–H groups in total. The Kier molecular flexibility index (Phi) is 4.77. The van der Waals surface area contributed by atoms with Crippen LogP contribution >= 0.6 is 0 Å². The molecule has 0 amide bonds. The maximum absolute atomic E-state index is 12.6. The maximum atomic E-state index is 12.6. The summed E-state index contributed by atoms with van der Waals surface area (Å²) in [6.45, 7) is 0. The fourth-order valence-electron chi connectivity index (χ4n) is 1.14. The number of aromatic hydroxyl groups is 1. The van der Waals surface area contributed by atoms with E-state index in [9.17, 15) is 17.6 Å². The van der Waals surface area contributed by atoms with Crippen LogP contribution in [0.5, 0.6) is 11.5 Å². The Labute approximate surface area is 101 Å². The Bertz CT molecular complexity index is 391. The van der Waals surface area contributed by atoms with Crippen molar-refractivity contribution in [1.29, 1.82) is 0 Å². The van der Waals surface area contributed by atoms with Crippen LogP contribution in [0.25, 0.3) is 0 Å². The number of ether oxygens (including phenoxy) is 1. The molecule has 1 aliphatic carbocycles. The number of nitrogens with two attached hydrogens (primary N) is 1. The van der Waals surface area contributed by atoms with E-state index in [2.05, 4.69) is 4.74 Å². The Morgan fingerprint density at radius 1 is 1.28 bits per heavy atom. The van der Waals surface area contributed by atoms with Gasteiger partial charge in [-0.15, -0.1) is 13.2 Å². The number of halogens is 4. The highest BCUT2D eigenvalue weighted by Gasteiger charge is 2.32. The minimum Gasteiger partial charge on any atom is -0.508 e. The lowest BCUT2D eigenvalue weighted by Gasteiger charge is -2.18. The molecule has 1 saturated carbocycles. The molecular formula is C11H13F4NO2. The molecule has 18 heavy (non-hydrogen) atoms. The van der Waals surface area contributed by atoms with Crippen LogP contribution in [0.1, 0.15) is 19.3 Å². The summed E-state index contributed by atoms with van der Waals surface area (Å²) >= 11 is 0. The first-order chi connectivity index (χ1) is 8.28. The summed E-state index contributed by atoms with van der Waals surface area (Å²) in [4.78, 5) is 0. The number of hydrogen-bond acceptors (Lipinski definition) is 3. The van der Waals surface area contributed by atoms with Crippen molar-refractivity contribution in [3.8, 4) is 11.5 Å². The third-order valence-electron chi connectivity index (χ3n) is 2.29. The highest BCUT2D eigenvalue weighted by molar-refractivity contribution is 5.32. The second-order valence-corrected chi connectivity index (χ2v) is 3.85. The van der Waals surface area contributed by atoms with Crippen molar-refractivity contribution >= 4 is 0 Å². The number of phenolic OH excluding ortho intramolecular Hbond substituents is 1. The quantitative estimate of drug-likeness (QED) is 0.769. The fraction of sp³-hybridized carbons (Fsp3) is 0.455. The molecule has 0 bridgehead atoms. The second-order valence-electron chi connectivity index (χ2n) is 3.85.